The third-order valence-corrected chi connectivity index (χ3v) is 3.52. The molecule has 1 fully saturated rings. The Morgan fingerprint density at radius 2 is 2.05 bits per heavy atom. The number of carbonyl (C=O) groups excluding carboxylic acids is 1. The number of para-hydroxylation sites is 1. The van der Waals surface area contributed by atoms with E-state index in [1.54, 1.807) is 4.90 Å². The van der Waals surface area contributed by atoms with Gasteiger partial charge in [-0.05, 0) is 45.7 Å². The lowest BCUT2D eigenvalue weighted by molar-refractivity contribution is 0.0181. The van der Waals surface area contributed by atoms with Crippen LogP contribution >= 0.6 is 0 Å². The molecule has 1 aliphatic rings. The van der Waals surface area contributed by atoms with Crippen molar-refractivity contribution in [1.82, 2.24) is 4.90 Å². The topological polar surface area (TPSA) is 65.4 Å². The van der Waals surface area contributed by atoms with Crippen molar-refractivity contribution in [3.63, 3.8) is 0 Å². The van der Waals surface area contributed by atoms with Gasteiger partial charge in [0.2, 0.25) is 0 Å². The number of nitriles is 1. The maximum absolute atomic E-state index is 12.2. The Labute approximate surface area is 131 Å². The van der Waals surface area contributed by atoms with Gasteiger partial charge >= 0.3 is 6.09 Å². The molecule has 5 nitrogen and oxygen atoms in total. The molecule has 0 saturated carbocycles. The SMILES string of the molecule is CC(C)(C)OC(=O)N1CCCC(C#N)(Nc2ccccc2)C1. The molecule has 22 heavy (non-hydrogen) atoms. The number of hydrogen-bond acceptors (Lipinski definition) is 4. The first-order valence-electron chi connectivity index (χ1n) is 7.56. The van der Waals surface area contributed by atoms with Gasteiger partial charge in [0.05, 0.1) is 12.6 Å². The summed E-state index contributed by atoms with van der Waals surface area (Å²) in [6.45, 7) is 6.47. The van der Waals surface area contributed by atoms with Crippen LogP contribution in [0.5, 0.6) is 0 Å². The first-order chi connectivity index (χ1) is 10.3. The molecule has 5 heteroatoms. The van der Waals surface area contributed by atoms with Gasteiger partial charge in [0, 0.05) is 12.2 Å². The number of anilines is 1. The van der Waals surface area contributed by atoms with Gasteiger partial charge in [-0.2, -0.15) is 5.26 Å². The fourth-order valence-corrected chi connectivity index (χ4v) is 2.56. The lowest BCUT2D eigenvalue weighted by Crippen LogP contribution is -2.54. The molecule has 0 bridgehead atoms. The van der Waals surface area contributed by atoms with E-state index >= 15 is 0 Å². The summed E-state index contributed by atoms with van der Waals surface area (Å²) in [5.74, 6) is 0. The zero-order valence-electron chi connectivity index (χ0n) is 13.4. The highest BCUT2D eigenvalue weighted by Gasteiger charge is 2.38. The average Bonchev–Trinajstić information content (AvgIpc) is 2.47. The van der Waals surface area contributed by atoms with E-state index in [1.807, 2.05) is 51.1 Å². The summed E-state index contributed by atoms with van der Waals surface area (Å²) in [7, 11) is 0. The van der Waals surface area contributed by atoms with Crippen molar-refractivity contribution in [2.75, 3.05) is 18.4 Å². The number of benzene rings is 1. The molecule has 118 valence electrons. The van der Waals surface area contributed by atoms with E-state index in [2.05, 4.69) is 11.4 Å². The second-order valence-corrected chi connectivity index (χ2v) is 6.69. The van der Waals surface area contributed by atoms with Crippen molar-refractivity contribution < 1.29 is 9.53 Å². The highest BCUT2D eigenvalue weighted by Crippen LogP contribution is 2.26. The van der Waals surface area contributed by atoms with Gasteiger partial charge in [0.15, 0.2) is 0 Å². The van der Waals surface area contributed by atoms with Gasteiger partial charge in [-0.1, -0.05) is 18.2 Å². The summed E-state index contributed by atoms with van der Waals surface area (Å²) in [6, 6.07) is 12.0. The van der Waals surface area contributed by atoms with Crippen molar-refractivity contribution in [3.8, 4) is 6.07 Å². The van der Waals surface area contributed by atoms with Crippen molar-refractivity contribution in [1.29, 1.82) is 5.26 Å². The molecule has 1 unspecified atom stereocenters. The summed E-state index contributed by atoms with van der Waals surface area (Å²) in [5.41, 5.74) is -0.414. The van der Waals surface area contributed by atoms with Crippen LogP contribution < -0.4 is 5.32 Å². The standard InChI is InChI=1S/C17H23N3O2/c1-16(2,3)22-15(21)20-11-7-10-17(12-18,13-20)19-14-8-5-4-6-9-14/h4-6,8-9,19H,7,10-11,13H2,1-3H3. The van der Waals surface area contributed by atoms with E-state index in [9.17, 15) is 10.1 Å². The minimum atomic E-state index is -0.767. The third-order valence-electron chi connectivity index (χ3n) is 3.52. The molecule has 0 spiro atoms. The van der Waals surface area contributed by atoms with Crippen molar-refractivity contribution in [3.05, 3.63) is 30.3 Å². The number of amides is 1. The minimum absolute atomic E-state index is 0.327. The molecular formula is C17H23N3O2. The molecule has 1 atom stereocenters. The Balaban J connectivity index is 2.10. The van der Waals surface area contributed by atoms with Crippen LogP contribution in [0.15, 0.2) is 30.3 Å². The molecule has 1 N–H and O–H groups in total. The lowest BCUT2D eigenvalue weighted by Gasteiger charge is -2.39. The minimum Gasteiger partial charge on any atom is -0.444 e. The van der Waals surface area contributed by atoms with Gasteiger partial charge in [-0.25, -0.2) is 4.79 Å². The number of nitrogens with one attached hydrogen (secondary N) is 1. The van der Waals surface area contributed by atoms with Crippen LogP contribution in [-0.4, -0.2) is 35.2 Å². The number of piperidine rings is 1. The Hall–Kier alpha value is -2.22. The Kier molecular flexibility index (Phi) is 4.60. The van der Waals surface area contributed by atoms with Crippen LogP contribution in [0, 0.1) is 11.3 Å². The molecule has 1 heterocycles. The van der Waals surface area contributed by atoms with Gasteiger partial charge in [-0.3, -0.25) is 0 Å². The van der Waals surface area contributed by atoms with Gasteiger partial charge in [0.1, 0.15) is 11.1 Å². The first-order valence-corrected chi connectivity index (χ1v) is 7.56. The molecular weight excluding hydrogens is 278 g/mol. The number of hydrogen-bond donors (Lipinski definition) is 1. The van der Waals surface area contributed by atoms with Gasteiger partial charge in [-0.15, -0.1) is 0 Å². The summed E-state index contributed by atoms with van der Waals surface area (Å²) in [4.78, 5) is 13.9. The molecule has 1 saturated heterocycles. The smallest absolute Gasteiger partial charge is 0.410 e. The molecule has 1 aromatic rings. The zero-order valence-corrected chi connectivity index (χ0v) is 13.4. The maximum atomic E-state index is 12.2. The predicted molar refractivity (Wildman–Crippen MR) is 85.4 cm³/mol. The molecule has 0 radical (unpaired) electrons. The van der Waals surface area contributed by atoms with E-state index in [-0.39, 0.29) is 6.09 Å². The zero-order chi connectivity index (χ0) is 16.2. The number of likely N-dealkylation sites (tertiary alicyclic amines) is 1. The van der Waals surface area contributed by atoms with E-state index in [1.165, 1.54) is 0 Å². The monoisotopic (exact) mass is 301 g/mol. The molecule has 2 rings (SSSR count). The summed E-state index contributed by atoms with van der Waals surface area (Å²) in [6.07, 6.45) is 1.12. The van der Waals surface area contributed by atoms with Crippen LogP contribution in [-0.2, 0) is 4.74 Å². The largest absolute Gasteiger partial charge is 0.444 e. The third kappa shape index (κ3) is 4.14. The molecule has 1 aromatic carbocycles. The van der Waals surface area contributed by atoms with Crippen LogP contribution in [0.2, 0.25) is 0 Å². The Morgan fingerprint density at radius 1 is 1.36 bits per heavy atom. The Bertz CT molecular complexity index is 560. The second-order valence-electron chi connectivity index (χ2n) is 6.69. The van der Waals surface area contributed by atoms with E-state index < -0.39 is 11.1 Å². The fourth-order valence-electron chi connectivity index (χ4n) is 2.56. The second kappa shape index (κ2) is 6.27. The molecule has 0 aliphatic carbocycles. The highest BCUT2D eigenvalue weighted by atomic mass is 16.6. The fraction of sp³-hybridized carbons (Fsp3) is 0.529. The van der Waals surface area contributed by atoms with Gasteiger partial charge in [0.25, 0.3) is 0 Å². The quantitative estimate of drug-likeness (QED) is 0.909. The number of rotatable bonds is 2. The number of nitrogens with zero attached hydrogens (tertiary/aromatic N) is 2. The molecule has 0 aromatic heterocycles. The van der Waals surface area contributed by atoms with Crippen LogP contribution in [0.1, 0.15) is 33.6 Å². The van der Waals surface area contributed by atoms with Crippen molar-refractivity contribution >= 4 is 11.8 Å². The molecule has 1 amide bonds. The van der Waals surface area contributed by atoms with Crippen LogP contribution in [0.4, 0.5) is 10.5 Å². The normalized spacial score (nSPS) is 21.8. The van der Waals surface area contributed by atoms with E-state index in [4.69, 9.17) is 4.74 Å². The Morgan fingerprint density at radius 3 is 2.64 bits per heavy atom. The van der Waals surface area contributed by atoms with Crippen molar-refractivity contribution in [2.24, 2.45) is 0 Å². The average molecular weight is 301 g/mol. The first kappa shape index (κ1) is 16.2. The maximum Gasteiger partial charge on any atom is 0.410 e. The number of carbonyl (C=O) groups is 1. The van der Waals surface area contributed by atoms with E-state index in [0.29, 0.717) is 19.5 Å². The van der Waals surface area contributed by atoms with Crippen LogP contribution in [0.3, 0.4) is 0 Å². The van der Waals surface area contributed by atoms with Crippen molar-refractivity contribution in [2.45, 2.75) is 44.8 Å². The van der Waals surface area contributed by atoms with Gasteiger partial charge < -0.3 is 15.0 Å². The summed E-state index contributed by atoms with van der Waals surface area (Å²) < 4.78 is 5.42. The summed E-state index contributed by atoms with van der Waals surface area (Å²) >= 11 is 0. The predicted octanol–water partition coefficient (Wildman–Crippen LogP) is 3.39. The molecule has 1 aliphatic heterocycles. The number of ether oxygens (including phenoxy) is 1. The highest BCUT2D eigenvalue weighted by molar-refractivity contribution is 5.69. The van der Waals surface area contributed by atoms with Crippen LogP contribution in [0.25, 0.3) is 0 Å². The summed E-state index contributed by atoms with van der Waals surface area (Å²) in [5, 5.41) is 12.9. The van der Waals surface area contributed by atoms with E-state index in [0.717, 1.165) is 12.1 Å². The lowest BCUT2D eigenvalue weighted by atomic mass is 9.90.